The minimum atomic E-state index is -3.71. The molecule has 1 heterocycles. The Morgan fingerprint density at radius 3 is 1.61 bits per heavy atom. The van der Waals surface area contributed by atoms with Crippen LogP contribution in [0.2, 0.25) is 0 Å². The van der Waals surface area contributed by atoms with Gasteiger partial charge in [0, 0.05) is 13.1 Å². The smallest absolute Gasteiger partial charge is 0.229 e. The molecule has 0 amide bonds. The van der Waals surface area contributed by atoms with Gasteiger partial charge in [0.15, 0.2) is 9.84 Å². The summed E-state index contributed by atoms with van der Waals surface area (Å²) in [5.41, 5.74) is 2.89. The van der Waals surface area contributed by atoms with Crippen molar-refractivity contribution in [3.05, 3.63) is 28.8 Å². The fourth-order valence-corrected chi connectivity index (χ4v) is 8.61. The second-order valence-corrected chi connectivity index (χ2v) is 14.5. The van der Waals surface area contributed by atoms with Crippen molar-refractivity contribution in [1.29, 1.82) is 0 Å². The predicted molar refractivity (Wildman–Crippen MR) is 129 cm³/mol. The molecule has 1 aromatic carbocycles. The summed E-state index contributed by atoms with van der Waals surface area (Å²) >= 11 is 0. The second kappa shape index (κ2) is 9.92. The van der Waals surface area contributed by atoms with Gasteiger partial charge in [-0.3, -0.25) is 0 Å². The molecule has 0 atom stereocenters. The van der Waals surface area contributed by atoms with Gasteiger partial charge in [0.2, 0.25) is 10.0 Å². The van der Waals surface area contributed by atoms with Crippen molar-refractivity contribution in [2.45, 2.75) is 96.1 Å². The summed E-state index contributed by atoms with van der Waals surface area (Å²) in [4.78, 5) is 0.436. The molecular formula is C24H41NO4S2. The van der Waals surface area contributed by atoms with Crippen LogP contribution in [0.4, 0.5) is 0 Å². The Labute approximate surface area is 190 Å². The van der Waals surface area contributed by atoms with Crippen LogP contribution >= 0.6 is 0 Å². The van der Waals surface area contributed by atoms with Crippen molar-refractivity contribution in [3.63, 3.8) is 0 Å². The van der Waals surface area contributed by atoms with Gasteiger partial charge in [-0.05, 0) is 53.2 Å². The minimum Gasteiger partial charge on any atom is -0.229 e. The van der Waals surface area contributed by atoms with E-state index in [1.807, 2.05) is 53.7 Å². The standard InChI is InChI=1S/C24H41NO4S2/c1-16(2)15-30(26,27)21-9-11-25(12-10-21)31(28,29)24-22(18(5)6)13-20(17(3)4)14-23(24)19(7)8/h13-14,16-19,21H,9-12,15H2,1-8H3. The Kier molecular flexibility index (Phi) is 8.43. The molecular weight excluding hydrogens is 430 g/mol. The third kappa shape index (κ3) is 5.91. The number of piperidine rings is 1. The van der Waals surface area contributed by atoms with Crippen molar-refractivity contribution < 1.29 is 16.8 Å². The highest BCUT2D eigenvalue weighted by molar-refractivity contribution is 7.92. The van der Waals surface area contributed by atoms with Crippen LogP contribution in [0.5, 0.6) is 0 Å². The van der Waals surface area contributed by atoms with Crippen LogP contribution in [0.1, 0.15) is 103 Å². The predicted octanol–water partition coefficient (Wildman–Crippen LogP) is 5.28. The average Bonchev–Trinajstić information content (AvgIpc) is 2.65. The first-order valence-corrected chi connectivity index (χ1v) is 14.7. The zero-order valence-electron chi connectivity index (χ0n) is 20.5. The fraction of sp³-hybridized carbons (Fsp3) is 0.750. The Bertz CT molecular complexity index is 940. The second-order valence-electron chi connectivity index (χ2n) is 10.3. The zero-order chi connectivity index (χ0) is 23.7. The van der Waals surface area contributed by atoms with Gasteiger partial charge in [0.05, 0.1) is 15.9 Å². The van der Waals surface area contributed by atoms with E-state index in [0.717, 1.165) is 16.7 Å². The van der Waals surface area contributed by atoms with Crippen LogP contribution in [0.15, 0.2) is 17.0 Å². The number of hydrogen-bond acceptors (Lipinski definition) is 4. The summed E-state index contributed by atoms with van der Waals surface area (Å²) in [6.07, 6.45) is 0.735. The van der Waals surface area contributed by atoms with Gasteiger partial charge in [-0.1, -0.05) is 67.5 Å². The van der Waals surface area contributed by atoms with Gasteiger partial charge < -0.3 is 0 Å². The van der Waals surface area contributed by atoms with E-state index in [4.69, 9.17) is 0 Å². The average molecular weight is 472 g/mol. The highest BCUT2D eigenvalue weighted by Gasteiger charge is 2.37. The first kappa shape index (κ1) is 26.3. The van der Waals surface area contributed by atoms with Gasteiger partial charge in [-0.2, -0.15) is 4.31 Å². The fourth-order valence-electron chi connectivity index (χ4n) is 4.35. The van der Waals surface area contributed by atoms with E-state index in [-0.39, 0.29) is 36.6 Å². The van der Waals surface area contributed by atoms with E-state index >= 15 is 0 Å². The molecule has 1 aromatic rings. The number of nitrogens with zero attached hydrogens (tertiary/aromatic N) is 1. The molecule has 1 aliphatic rings. The van der Waals surface area contributed by atoms with E-state index in [2.05, 4.69) is 13.8 Å². The van der Waals surface area contributed by atoms with Gasteiger partial charge in [0.25, 0.3) is 0 Å². The maximum Gasteiger partial charge on any atom is 0.243 e. The molecule has 0 saturated carbocycles. The van der Waals surface area contributed by atoms with Gasteiger partial charge in [-0.15, -0.1) is 0 Å². The molecule has 0 bridgehead atoms. The topological polar surface area (TPSA) is 71.5 Å². The Hall–Kier alpha value is -0.920. The molecule has 0 unspecified atom stereocenters. The molecule has 2 rings (SSSR count). The number of sulfone groups is 1. The van der Waals surface area contributed by atoms with Crippen LogP contribution < -0.4 is 0 Å². The van der Waals surface area contributed by atoms with Crippen molar-refractivity contribution in [2.75, 3.05) is 18.8 Å². The number of benzene rings is 1. The molecule has 0 spiro atoms. The maximum absolute atomic E-state index is 13.8. The van der Waals surface area contributed by atoms with E-state index in [1.54, 1.807) is 0 Å². The lowest BCUT2D eigenvalue weighted by Gasteiger charge is -2.33. The van der Waals surface area contributed by atoms with E-state index in [1.165, 1.54) is 4.31 Å². The monoisotopic (exact) mass is 471 g/mol. The summed E-state index contributed by atoms with van der Waals surface area (Å²) in [6.45, 7) is 16.7. The molecule has 178 valence electrons. The molecule has 1 saturated heterocycles. The van der Waals surface area contributed by atoms with Crippen LogP contribution in [0.25, 0.3) is 0 Å². The summed E-state index contributed by atoms with van der Waals surface area (Å²) in [6, 6.07) is 4.10. The van der Waals surface area contributed by atoms with E-state index in [9.17, 15) is 16.8 Å². The Morgan fingerprint density at radius 2 is 1.26 bits per heavy atom. The molecule has 0 aliphatic carbocycles. The summed E-state index contributed by atoms with van der Waals surface area (Å²) in [5.74, 6) is 0.702. The summed E-state index contributed by atoms with van der Waals surface area (Å²) in [7, 11) is -6.91. The van der Waals surface area contributed by atoms with Crippen molar-refractivity contribution in [3.8, 4) is 0 Å². The largest absolute Gasteiger partial charge is 0.243 e. The number of hydrogen-bond donors (Lipinski definition) is 0. The Balaban J connectivity index is 2.45. The third-order valence-electron chi connectivity index (χ3n) is 6.15. The number of sulfonamides is 1. The highest BCUT2D eigenvalue weighted by atomic mass is 32.2. The Morgan fingerprint density at radius 1 is 0.806 bits per heavy atom. The molecule has 0 radical (unpaired) electrons. The maximum atomic E-state index is 13.8. The van der Waals surface area contributed by atoms with Crippen LogP contribution in [-0.2, 0) is 19.9 Å². The molecule has 0 N–H and O–H groups in total. The van der Waals surface area contributed by atoms with E-state index in [0.29, 0.717) is 23.7 Å². The first-order chi connectivity index (χ1) is 14.2. The number of rotatable bonds is 8. The quantitative estimate of drug-likeness (QED) is 0.517. The van der Waals surface area contributed by atoms with E-state index < -0.39 is 25.1 Å². The zero-order valence-corrected chi connectivity index (χ0v) is 22.1. The van der Waals surface area contributed by atoms with Crippen molar-refractivity contribution in [2.24, 2.45) is 5.92 Å². The molecule has 1 aliphatic heterocycles. The lowest BCUT2D eigenvalue weighted by atomic mass is 9.89. The lowest BCUT2D eigenvalue weighted by Crippen LogP contribution is -2.43. The van der Waals surface area contributed by atoms with Gasteiger partial charge in [-0.25, -0.2) is 16.8 Å². The van der Waals surface area contributed by atoms with Crippen LogP contribution in [0.3, 0.4) is 0 Å². The molecule has 0 aromatic heterocycles. The summed E-state index contributed by atoms with van der Waals surface area (Å²) in [5, 5.41) is -0.446. The van der Waals surface area contributed by atoms with Crippen molar-refractivity contribution >= 4 is 19.9 Å². The molecule has 1 fully saturated rings. The third-order valence-corrected chi connectivity index (χ3v) is 10.8. The van der Waals surface area contributed by atoms with Crippen LogP contribution in [-0.4, -0.2) is 45.2 Å². The molecule has 5 nitrogen and oxygen atoms in total. The highest BCUT2D eigenvalue weighted by Crippen LogP contribution is 2.37. The lowest BCUT2D eigenvalue weighted by molar-refractivity contribution is 0.344. The molecule has 31 heavy (non-hydrogen) atoms. The summed E-state index contributed by atoms with van der Waals surface area (Å²) < 4.78 is 54.5. The molecule has 7 heteroatoms. The normalized spacial score (nSPS) is 17.4. The van der Waals surface area contributed by atoms with Crippen LogP contribution in [0, 0.1) is 5.92 Å². The first-order valence-electron chi connectivity index (χ1n) is 11.6. The van der Waals surface area contributed by atoms with Gasteiger partial charge >= 0.3 is 0 Å². The van der Waals surface area contributed by atoms with Crippen molar-refractivity contribution in [1.82, 2.24) is 4.31 Å². The minimum absolute atomic E-state index is 0.0740. The van der Waals surface area contributed by atoms with Gasteiger partial charge in [0.1, 0.15) is 0 Å². The SMILES string of the molecule is CC(C)CS(=O)(=O)C1CCN(S(=O)(=O)c2c(C(C)C)cc(C(C)C)cc2C(C)C)CC1.